The van der Waals surface area contributed by atoms with Gasteiger partial charge in [-0.2, -0.15) is 5.10 Å². The van der Waals surface area contributed by atoms with E-state index < -0.39 is 0 Å². The summed E-state index contributed by atoms with van der Waals surface area (Å²) in [5.41, 5.74) is 5.26. The molecule has 4 rings (SSSR count). The van der Waals surface area contributed by atoms with Crippen molar-refractivity contribution in [2.75, 3.05) is 19.5 Å². The maximum Gasteiger partial charge on any atom is 0.260 e. The third-order valence-electron chi connectivity index (χ3n) is 5.25. The number of methoxy groups -OCH3 is 2. The van der Waals surface area contributed by atoms with E-state index in [-0.39, 0.29) is 5.91 Å². The molecular weight excluding hydrogens is 402 g/mol. The first-order valence-electron chi connectivity index (χ1n) is 10.3. The van der Waals surface area contributed by atoms with Crippen LogP contribution in [-0.2, 0) is 0 Å². The van der Waals surface area contributed by atoms with Gasteiger partial charge in [-0.3, -0.25) is 4.79 Å². The third-order valence-corrected chi connectivity index (χ3v) is 5.25. The second kappa shape index (κ2) is 8.98. The van der Waals surface area contributed by atoms with Gasteiger partial charge in [-0.25, -0.2) is 4.68 Å². The normalized spacial score (nSPS) is 10.6. The SMILES string of the molecule is COc1ccc(C(=O)Nc2cc(-c3ccccc3)nn2-c2ccc(C)cc2C)c(OC)c1. The van der Waals surface area contributed by atoms with Crippen LogP contribution in [0, 0.1) is 13.8 Å². The lowest BCUT2D eigenvalue weighted by molar-refractivity contribution is 0.102. The van der Waals surface area contributed by atoms with Crippen LogP contribution in [0.4, 0.5) is 5.82 Å². The van der Waals surface area contributed by atoms with Crippen LogP contribution < -0.4 is 14.8 Å². The molecule has 0 saturated carbocycles. The number of carbonyl (C=O) groups is 1. The van der Waals surface area contributed by atoms with E-state index in [0.29, 0.717) is 22.9 Å². The number of hydrogen-bond acceptors (Lipinski definition) is 4. The Hall–Kier alpha value is -4.06. The lowest BCUT2D eigenvalue weighted by Gasteiger charge is -2.13. The highest BCUT2D eigenvalue weighted by Gasteiger charge is 2.19. The van der Waals surface area contributed by atoms with Crippen LogP contribution >= 0.6 is 0 Å². The molecule has 0 radical (unpaired) electrons. The molecule has 0 atom stereocenters. The van der Waals surface area contributed by atoms with E-state index in [1.165, 1.54) is 7.11 Å². The first kappa shape index (κ1) is 21.2. The Bertz CT molecular complexity index is 1260. The van der Waals surface area contributed by atoms with Crippen molar-refractivity contribution >= 4 is 11.7 Å². The van der Waals surface area contributed by atoms with Gasteiger partial charge in [-0.05, 0) is 37.6 Å². The predicted octanol–water partition coefficient (Wildman–Crippen LogP) is 5.43. The van der Waals surface area contributed by atoms with Crippen LogP contribution in [0.1, 0.15) is 21.5 Å². The largest absolute Gasteiger partial charge is 0.497 e. The van der Waals surface area contributed by atoms with Gasteiger partial charge >= 0.3 is 0 Å². The number of rotatable bonds is 6. The standard InChI is InChI=1S/C26H25N3O3/c1-17-10-13-23(18(2)14-17)29-25(16-22(28-29)19-8-6-5-7-9-19)27-26(30)21-12-11-20(31-3)15-24(21)32-4/h5-16H,1-4H3,(H,27,30). The van der Waals surface area contributed by atoms with Crippen LogP contribution in [0.2, 0.25) is 0 Å². The first-order chi connectivity index (χ1) is 15.5. The molecule has 0 aliphatic carbocycles. The molecule has 0 fully saturated rings. The quantitative estimate of drug-likeness (QED) is 0.446. The number of ether oxygens (including phenoxy) is 2. The monoisotopic (exact) mass is 427 g/mol. The number of anilines is 1. The molecule has 1 N–H and O–H groups in total. The minimum absolute atomic E-state index is 0.296. The van der Waals surface area contributed by atoms with Gasteiger partial charge in [0, 0.05) is 17.7 Å². The molecule has 1 amide bonds. The Balaban J connectivity index is 1.77. The van der Waals surface area contributed by atoms with Crippen LogP contribution in [0.15, 0.2) is 72.8 Å². The fraction of sp³-hybridized carbons (Fsp3) is 0.154. The van der Waals surface area contributed by atoms with Gasteiger partial charge in [-0.1, -0.05) is 48.0 Å². The molecule has 162 valence electrons. The van der Waals surface area contributed by atoms with Crippen LogP contribution in [-0.4, -0.2) is 29.9 Å². The average Bonchev–Trinajstić information content (AvgIpc) is 3.22. The summed E-state index contributed by atoms with van der Waals surface area (Å²) in [7, 11) is 3.10. The molecule has 32 heavy (non-hydrogen) atoms. The molecule has 1 heterocycles. The molecule has 0 aliphatic rings. The highest BCUT2D eigenvalue weighted by atomic mass is 16.5. The molecule has 4 aromatic rings. The molecule has 0 unspecified atom stereocenters. The summed E-state index contributed by atoms with van der Waals surface area (Å²) in [4.78, 5) is 13.2. The van der Waals surface area contributed by atoms with Crippen molar-refractivity contribution in [3.63, 3.8) is 0 Å². The summed E-state index contributed by atoms with van der Waals surface area (Å²) in [6.45, 7) is 4.08. The number of aromatic nitrogens is 2. The van der Waals surface area contributed by atoms with Crippen molar-refractivity contribution in [2.45, 2.75) is 13.8 Å². The Kier molecular flexibility index (Phi) is 5.94. The van der Waals surface area contributed by atoms with Crippen LogP contribution in [0.5, 0.6) is 11.5 Å². The summed E-state index contributed by atoms with van der Waals surface area (Å²) in [5.74, 6) is 1.32. The number of carbonyl (C=O) groups excluding carboxylic acids is 1. The minimum atomic E-state index is -0.296. The maximum atomic E-state index is 13.2. The van der Waals surface area contributed by atoms with Crippen molar-refractivity contribution in [3.8, 4) is 28.4 Å². The minimum Gasteiger partial charge on any atom is -0.497 e. The Morgan fingerprint density at radius 3 is 2.38 bits per heavy atom. The highest BCUT2D eigenvalue weighted by Crippen LogP contribution is 2.29. The maximum absolute atomic E-state index is 13.2. The van der Waals surface area contributed by atoms with E-state index in [1.54, 1.807) is 30.0 Å². The van der Waals surface area contributed by atoms with Crippen molar-refractivity contribution in [3.05, 3.63) is 89.5 Å². The van der Waals surface area contributed by atoms with Gasteiger partial charge in [0.2, 0.25) is 0 Å². The van der Waals surface area contributed by atoms with Gasteiger partial charge in [-0.15, -0.1) is 0 Å². The molecule has 6 nitrogen and oxygen atoms in total. The Labute approximate surface area is 187 Å². The van der Waals surface area contributed by atoms with E-state index in [1.807, 2.05) is 62.4 Å². The van der Waals surface area contributed by atoms with E-state index in [9.17, 15) is 4.79 Å². The van der Waals surface area contributed by atoms with E-state index in [2.05, 4.69) is 11.4 Å². The zero-order valence-corrected chi connectivity index (χ0v) is 18.5. The summed E-state index contributed by atoms with van der Waals surface area (Å²) in [6.07, 6.45) is 0. The lowest BCUT2D eigenvalue weighted by Crippen LogP contribution is -2.16. The fourth-order valence-electron chi connectivity index (χ4n) is 3.62. The summed E-state index contributed by atoms with van der Waals surface area (Å²) in [6, 6.07) is 23.0. The molecular formula is C26H25N3O3. The van der Waals surface area contributed by atoms with E-state index in [0.717, 1.165) is 28.1 Å². The Morgan fingerprint density at radius 1 is 0.906 bits per heavy atom. The van der Waals surface area contributed by atoms with Gasteiger partial charge in [0.25, 0.3) is 5.91 Å². The van der Waals surface area contributed by atoms with Gasteiger partial charge in [0.1, 0.15) is 17.3 Å². The van der Waals surface area contributed by atoms with Gasteiger partial charge in [0.15, 0.2) is 0 Å². The molecule has 0 spiro atoms. The number of nitrogens with zero attached hydrogens (tertiary/aromatic N) is 2. The lowest BCUT2D eigenvalue weighted by atomic mass is 10.1. The summed E-state index contributed by atoms with van der Waals surface area (Å²) in [5, 5.41) is 7.82. The zero-order chi connectivity index (χ0) is 22.7. The smallest absolute Gasteiger partial charge is 0.260 e. The number of hydrogen-bond donors (Lipinski definition) is 1. The van der Waals surface area contributed by atoms with E-state index in [4.69, 9.17) is 14.6 Å². The number of nitrogens with one attached hydrogen (secondary N) is 1. The molecule has 0 bridgehead atoms. The predicted molar refractivity (Wildman–Crippen MR) is 126 cm³/mol. The third kappa shape index (κ3) is 4.21. The second-order valence-corrected chi connectivity index (χ2v) is 7.50. The highest BCUT2D eigenvalue weighted by molar-refractivity contribution is 6.06. The second-order valence-electron chi connectivity index (χ2n) is 7.50. The molecule has 0 aliphatic heterocycles. The average molecular weight is 428 g/mol. The van der Waals surface area contributed by atoms with Crippen molar-refractivity contribution in [1.82, 2.24) is 9.78 Å². The molecule has 6 heteroatoms. The van der Waals surface area contributed by atoms with Crippen molar-refractivity contribution in [1.29, 1.82) is 0 Å². The van der Waals surface area contributed by atoms with Crippen molar-refractivity contribution in [2.24, 2.45) is 0 Å². The van der Waals surface area contributed by atoms with Crippen LogP contribution in [0.25, 0.3) is 16.9 Å². The van der Waals surface area contributed by atoms with E-state index >= 15 is 0 Å². The number of amides is 1. The van der Waals surface area contributed by atoms with Crippen LogP contribution in [0.3, 0.4) is 0 Å². The van der Waals surface area contributed by atoms with Gasteiger partial charge in [0.05, 0.1) is 31.2 Å². The Morgan fingerprint density at radius 2 is 1.69 bits per heavy atom. The first-order valence-corrected chi connectivity index (χ1v) is 10.3. The zero-order valence-electron chi connectivity index (χ0n) is 18.5. The number of benzene rings is 3. The fourth-order valence-corrected chi connectivity index (χ4v) is 3.62. The van der Waals surface area contributed by atoms with Crippen molar-refractivity contribution < 1.29 is 14.3 Å². The summed E-state index contributed by atoms with van der Waals surface area (Å²) >= 11 is 0. The topological polar surface area (TPSA) is 65.4 Å². The molecule has 1 aromatic heterocycles. The molecule has 3 aromatic carbocycles. The molecule has 0 saturated heterocycles. The van der Waals surface area contributed by atoms with Gasteiger partial charge < -0.3 is 14.8 Å². The summed E-state index contributed by atoms with van der Waals surface area (Å²) < 4.78 is 12.4. The number of aryl methyl sites for hydroxylation is 2.